The quantitative estimate of drug-likeness (QED) is 0.575. The molecule has 0 aliphatic rings. The van der Waals surface area contributed by atoms with Crippen LogP contribution in [-0.2, 0) is 11.2 Å². The number of nitrogens with one attached hydrogen (secondary N) is 1. The Kier molecular flexibility index (Phi) is 4.17. The van der Waals surface area contributed by atoms with E-state index in [2.05, 4.69) is 30.6 Å². The number of furan rings is 1. The number of carbonyl (C=O) groups excluding carboxylic acids is 1. The maximum absolute atomic E-state index is 12.3. The summed E-state index contributed by atoms with van der Waals surface area (Å²) in [6, 6.07) is 3.57. The molecule has 9 nitrogen and oxygen atoms in total. The third-order valence-electron chi connectivity index (χ3n) is 3.99. The first-order valence-electron chi connectivity index (χ1n) is 7.95. The number of rotatable bonds is 5. The molecule has 0 atom stereocenters. The minimum absolute atomic E-state index is 0.135. The van der Waals surface area contributed by atoms with E-state index in [1.165, 1.54) is 17.7 Å². The predicted molar refractivity (Wildman–Crippen MR) is 94.8 cm³/mol. The van der Waals surface area contributed by atoms with Crippen LogP contribution in [0.4, 0.5) is 5.13 Å². The SMILES string of the molecule is Cc1nc2ncnn2c(C)c1CCC(=O)Nc1nnc(-c2ccco2)s1. The van der Waals surface area contributed by atoms with Gasteiger partial charge in [-0.25, -0.2) is 9.50 Å². The fourth-order valence-electron chi connectivity index (χ4n) is 2.71. The van der Waals surface area contributed by atoms with Crippen molar-refractivity contribution in [1.82, 2.24) is 29.8 Å². The number of hydrogen-bond donors (Lipinski definition) is 1. The molecular formula is C16H15N7O2S. The standard InChI is InChI=1S/C16H15N7O2S/c1-9-11(10(2)23-15(19-9)17-8-18-23)5-6-13(24)20-16-22-21-14(26-16)12-4-3-7-25-12/h3-4,7-8H,5-6H2,1-2H3,(H,20,22,24). The van der Waals surface area contributed by atoms with Crippen LogP contribution in [0.2, 0.25) is 0 Å². The van der Waals surface area contributed by atoms with E-state index in [1.54, 1.807) is 22.9 Å². The topological polar surface area (TPSA) is 111 Å². The molecule has 0 saturated carbocycles. The Morgan fingerprint density at radius 3 is 3.04 bits per heavy atom. The monoisotopic (exact) mass is 369 g/mol. The van der Waals surface area contributed by atoms with Gasteiger partial charge in [-0.2, -0.15) is 10.1 Å². The zero-order valence-corrected chi connectivity index (χ0v) is 14.9. The van der Waals surface area contributed by atoms with Gasteiger partial charge in [0, 0.05) is 17.8 Å². The Morgan fingerprint density at radius 2 is 2.23 bits per heavy atom. The lowest BCUT2D eigenvalue weighted by Gasteiger charge is -2.09. The van der Waals surface area contributed by atoms with E-state index in [1.807, 2.05) is 13.8 Å². The Labute approximate surface area is 152 Å². The highest BCUT2D eigenvalue weighted by molar-refractivity contribution is 7.18. The Bertz CT molecular complexity index is 1070. The highest BCUT2D eigenvalue weighted by Gasteiger charge is 2.14. The van der Waals surface area contributed by atoms with Crippen molar-refractivity contribution in [3.8, 4) is 10.8 Å². The number of aryl methyl sites for hydroxylation is 2. The van der Waals surface area contributed by atoms with Crippen molar-refractivity contribution in [2.45, 2.75) is 26.7 Å². The number of amides is 1. The van der Waals surface area contributed by atoms with Gasteiger partial charge in [0.25, 0.3) is 5.78 Å². The molecule has 0 spiro atoms. The average Bonchev–Trinajstić information content (AvgIpc) is 3.35. The highest BCUT2D eigenvalue weighted by atomic mass is 32.1. The van der Waals surface area contributed by atoms with Gasteiger partial charge in [-0.3, -0.25) is 4.79 Å². The largest absolute Gasteiger partial charge is 0.462 e. The van der Waals surface area contributed by atoms with Crippen LogP contribution >= 0.6 is 11.3 Å². The molecule has 0 fully saturated rings. The molecule has 0 saturated heterocycles. The summed E-state index contributed by atoms with van der Waals surface area (Å²) in [6.45, 7) is 3.86. The van der Waals surface area contributed by atoms with E-state index in [0.29, 0.717) is 34.5 Å². The molecule has 1 N–H and O–H groups in total. The summed E-state index contributed by atoms with van der Waals surface area (Å²) in [6.07, 6.45) is 3.90. The maximum atomic E-state index is 12.3. The summed E-state index contributed by atoms with van der Waals surface area (Å²) >= 11 is 1.27. The third kappa shape index (κ3) is 3.06. The lowest BCUT2D eigenvalue weighted by Crippen LogP contribution is -2.14. The molecule has 0 aliphatic carbocycles. The number of hydrogen-bond acceptors (Lipinski definition) is 8. The van der Waals surface area contributed by atoms with Gasteiger partial charge >= 0.3 is 0 Å². The van der Waals surface area contributed by atoms with Crippen molar-refractivity contribution in [2.75, 3.05) is 5.32 Å². The van der Waals surface area contributed by atoms with Crippen LogP contribution in [-0.4, -0.2) is 35.7 Å². The molecule has 0 aliphatic heterocycles. The predicted octanol–water partition coefficient (Wildman–Crippen LogP) is 2.42. The first-order chi connectivity index (χ1) is 12.6. The van der Waals surface area contributed by atoms with Gasteiger partial charge in [0.1, 0.15) is 6.33 Å². The molecule has 10 heteroatoms. The van der Waals surface area contributed by atoms with Crippen molar-refractivity contribution >= 4 is 28.2 Å². The van der Waals surface area contributed by atoms with E-state index in [9.17, 15) is 4.79 Å². The number of fused-ring (bicyclic) bond motifs is 1. The minimum Gasteiger partial charge on any atom is -0.462 e. The number of carbonyl (C=O) groups is 1. The Morgan fingerprint density at radius 1 is 1.35 bits per heavy atom. The van der Waals surface area contributed by atoms with Gasteiger partial charge in [-0.1, -0.05) is 11.3 Å². The zero-order chi connectivity index (χ0) is 18.1. The van der Waals surface area contributed by atoms with Crippen molar-refractivity contribution in [1.29, 1.82) is 0 Å². The van der Waals surface area contributed by atoms with Gasteiger partial charge < -0.3 is 9.73 Å². The van der Waals surface area contributed by atoms with Crippen LogP contribution in [0, 0.1) is 13.8 Å². The van der Waals surface area contributed by atoms with Gasteiger partial charge in [0.05, 0.1) is 6.26 Å². The van der Waals surface area contributed by atoms with Crippen molar-refractivity contribution < 1.29 is 9.21 Å². The molecule has 0 bridgehead atoms. The smallest absolute Gasteiger partial charge is 0.252 e. The molecule has 4 rings (SSSR count). The average molecular weight is 369 g/mol. The number of anilines is 1. The third-order valence-corrected chi connectivity index (χ3v) is 4.85. The highest BCUT2D eigenvalue weighted by Crippen LogP contribution is 2.26. The number of nitrogens with zero attached hydrogens (tertiary/aromatic N) is 6. The molecule has 132 valence electrons. The summed E-state index contributed by atoms with van der Waals surface area (Å²) in [4.78, 5) is 20.8. The zero-order valence-electron chi connectivity index (χ0n) is 14.1. The molecule has 0 aromatic carbocycles. The molecule has 4 aromatic rings. The molecule has 4 aromatic heterocycles. The molecule has 0 unspecified atom stereocenters. The second-order valence-electron chi connectivity index (χ2n) is 5.67. The lowest BCUT2D eigenvalue weighted by molar-refractivity contribution is -0.116. The lowest BCUT2D eigenvalue weighted by atomic mass is 10.1. The van der Waals surface area contributed by atoms with E-state index >= 15 is 0 Å². The molecular weight excluding hydrogens is 354 g/mol. The van der Waals surface area contributed by atoms with Crippen LogP contribution in [0.3, 0.4) is 0 Å². The van der Waals surface area contributed by atoms with Gasteiger partial charge in [0.2, 0.25) is 11.0 Å². The summed E-state index contributed by atoms with van der Waals surface area (Å²) < 4.78 is 6.95. The summed E-state index contributed by atoms with van der Waals surface area (Å²) in [5.74, 6) is 1.05. The summed E-state index contributed by atoms with van der Waals surface area (Å²) in [7, 11) is 0. The molecule has 26 heavy (non-hydrogen) atoms. The first kappa shape index (κ1) is 16.3. The normalized spacial score (nSPS) is 11.2. The van der Waals surface area contributed by atoms with E-state index in [0.717, 1.165) is 17.0 Å². The van der Waals surface area contributed by atoms with E-state index in [4.69, 9.17) is 4.42 Å². The van der Waals surface area contributed by atoms with Crippen molar-refractivity contribution in [2.24, 2.45) is 0 Å². The van der Waals surface area contributed by atoms with Crippen LogP contribution in [0.5, 0.6) is 0 Å². The summed E-state index contributed by atoms with van der Waals surface area (Å²) in [5, 5.41) is 16.0. The van der Waals surface area contributed by atoms with Gasteiger partial charge in [-0.05, 0) is 38.0 Å². The van der Waals surface area contributed by atoms with Crippen LogP contribution in [0.1, 0.15) is 23.4 Å². The molecule has 4 heterocycles. The molecule has 1 amide bonds. The van der Waals surface area contributed by atoms with Crippen LogP contribution in [0.15, 0.2) is 29.1 Å². The Balaban J connectivity index is 1.43. The van der Waals surface area contributed by atoms with Crippen molar-refractivity contribution in [3.05, 3.63) is 41.7 Å². The maximum Gasteiger partial charge on any atom is 0.252 e. The van der Waals surface area contributed by atoms with Gasteiger partial charge in [-0.15, -0.1) is 10.2 Å². The van der Waals surface area contributed by atoms with E-state index < -0.39 is 0 Å². The van der Waals surface area contributed by atoms with Gasteiger partial charge in [0.15, 0.2) is 10.8 Å². The fourth-order valence-corrected chi connectivity index (χ4v) is 3.44. The summed E-state index contributed by atoms with van der Waals surface area (Å²) in [5.41, 5.74) is 2.78. The second kappa shape index (κ2) is 6.64. The fraction of sp³-hybridized carbons (Fsp3) is 0.250. The Hall–Kier alpha value is -3.14. The van der Waals surface area contributed by atoms with Crippen LogP contribution in [0.25, 0.3) is 16.5 Å². The number of aromatic nitrogens is 6. The van der Waals surface area contributed by atoms with Crippen molar-refractivity contribution in [3.63, 3.8) is 0 Å². The minimum atomic E-state index is -0.135. The second-order valence-corrected chi connectivity index (χ2v) is 6.65. The first-order valence-corrected chi connectivity index (χ1v) is 8.76. The van der Waals surface area contributed by atoms with Crippen LogP contribution < -0.4 is 5.32 Å². The molecule has 0 radical (unpaired) electrons. The van der Waals surface area contributed by atoms with E-state index in [-0.39, 0.29) is 5.91 Å².